The SMILES string of the molecule is Cc1nc(NCc2ccc3c(c2)OCO3)c2c3c(sc2n1)CCC3. The molecule has 1 aliphatic carbocycles. The zero-order valence-electron chi connectivity index (χ0n) is 13.4. The van der Waals surface area contributed by atoms with E-state index in [1.165, 1.54) is 28.7 Å². The molecule has 0 saturated carbocycles. The van der Waals surface area contributed by atoms with Crippen LogP contribution in [0.15, 0.2) is 18.2 Å². The van der Waals surface area contributed by atoms with Crippen molar-refractivity contribution >= 4 is 27.4 Å². The Morgan fingerprint density at radius 2 is 2.08 bits per heavy atom. The topological polar surface area (TPSA) is 56.3 Å². The number of nitrogens with zero attached hydrogens (tertiary/aromatic N) is 2. The molecule has 24 heavy (non-hydrogen) atoms. The smallest absolute Gasteiger partial charge is 0.231 e. The minimum absolute atomic E-state index is 0.305. The van der Waals surface area contributed by atoms with Crippen LogP contribution in [-0.2, 0) is 19.4 Å². The van der Waals surface area contributed by atoms with Crippen molar-refractivity contribution in [3.63, 3.8) is 0 Å². The van der Waals surface area contributed by atoms with Gasteiger partial charge in [0.15, 0.2) is 11.5 Å². The number of hydrogen-bond acceptors (Lipinski definition) is 6. The van der Waals surface area contributed by atoms with Crippen LogP contribution in [0.3, 0.4) is 0 Å². The third-order valence-corrected chi connectivity index (χ3v) is 5.76. The van der Waals surface area contributed by atoms with Gasteiger partial charge in [0.25, 0.3) is 0 Å². The zero-order valence-corrected chi connectivity index (χ0v) is 14.2. The van der Waals surface area contributed by atoms with Crippen molar-refractivity contribution in [3.8, 4) is 11.5 Å². The molecule has 3 heterocycles. The number of thiophene rings is 1. The summed E-state index contributed by atoms with van der Waals surface area (Å²) in [4.78, 5) is 11.9. The molecule has 0 radical (unpaired) electrons. The second-order valence-electron chi connectivity index (χ2n) is 6.20. The molecule has 1 N–H and O–H groups in total. The predicted octanol–water partition coefficient (Wildman–Crippen LogP) is 3.83. The van der Waals surface area contributed by atoms with Crippen LogP contribution in [0.2, 0.25) is 0 Å². The van der Waals surface area contributed by atoms with Crippen LogP contribution in [0.25, 0.3) is 10.2 Å². The van der Waals surface area contributed by atoms with Gasteiger partial charge < -0.3 is 14.8 Å². The molecular formula is C18H17N3O2S. The molecule has 0 fully saturated rings. The van der Waals surface area contributed by atoms with Gasteiger partial charge in [-0.2, -0.15) is 0 Å². The van der Waals surface area contributed by atoms with Gasteiger partial charge in [0, 0.05) is 11.4 Å². The Hall–Kier alpha value is -2.34. The molecule has 0 bridgehead atoms. The molecule has 122 valence electrons. The summed E-state index contributed by atoms with van der Waals surface area (Å²) in [6, 6.07) is 6.05. The Kier molecular flexibility index (Phi) is 3.13. The van der Waals surface area contributed by atoms with Crippen LogP contribution in [0.1, 0.15) is 28.2 Å². The van der Waals surface area contributed by atoms with Crippen LogP contribution in [-0.4, -0.2) is 16.8 Å². The normalized spacial score (nSPS) is 15.0. The molecule has 0 unspecified atom stereocenters. The second-order valence-corrected chi connectivity index (χ2v) is 7.28. The molecular weight excluding hydrogens is 322 g/mol. The van der Waals surface area contributed by atoms with Gasteiger partial charge in [-0.15, -0.1) is 11.3 Å². The van der Waals surface area contributed by atoms with Crippen LogP contribution in [0, 0.1) is 6.92 Å². The minimum Gasteiger partial charge on any atom is -0.454 e. The molecule has 1 aliphatic heterocycles. The monoisotopic (exact) mass is 339 g/mol. The van der Waals surface area contributed by atoms with E-state index in [1.807, 2.05) is 30.4 Å². The fourth-order valence-electron chi connectivity index (χ4n) is 3.47. The predicted molar refractivity (Wildman–Crippen MR) is 94.1 cm³/mol. The van der Waals surface area contributed by atoms with E-state index in [4.69, 9.17) is 9.47 Å². The van der Waals surface area contributed by atoms with Gasteiger partial charge in [-0.3, -0.25) is 0 Å². The summed E-state index contributed by atoms with van der Waals surface area (Å²) in [6.45, 7) is 2.96. The summed E-state index contributed by atoms with van der Waals surface area (Å²) in [5.41, 5.74) is 2.60. The highest BCUT2D eigenvalue weighted by atomic mass is 32.1. The van der Waals surface area contributed by atoms with E-state index in [2.05, 4.69) is 21.4 Å². The fourth-order valence-corrected chi connectivity index (χ4v) is 4.77. The van der Waals surface area contributed by atoms with E-state index in [-0.39, 0.29) is 0 Å². The van der Waals surface area contributed by atoms with Crippen molar-refractivity contribution in [2.24, 2.45) is 0 Å². The van der Waals surface area contributed by atoms with Crippen LogP contribution in [0.4, 0.5) is 5.82 Å². The highest BCUT2D eigenvalue weighted by molar-refractivity contribution is 7.19. The van der Waals surface area contributed by atoms with E-state index in [9.17, 15) is 0 Å². The molecule has 0 atom stereocenters. The molecule has 1 aromatic carbocycles. The minimum atomic E-state index is 0.305. The number of hydrogen-bond donors (Lipinski definition) is 1. The number of fused-ring (bicyclic) bond motifs is 4. The molecule has 2 aliphatic rings. The number of rotatable bonds is 3. The number of benzene rings is 1. The Morgan fingerprint density at radius 1 is 1.17 bits per heavy atom. The summed E-state index contributed by atoms with van der Waals surface area (Å²) >= 11 is 1.83. The molecule has 0 spiro atoms. The Balaban J connectivity index is 1.48. The molecule has 5 rings (SSSR count). The number of aromatic nitrogens is 2. The Morgan fingerprint density at radius 3 is 3.04 bits per heavy atom. The quantitative estimate of drug-likeness (QED) is 0.786. The van der Waals surface area contributed by atoms with Gasteiger partial charge >= 0.3 is 0 Å². The lowest BCUT2D eigenvalue weighted by Crippen LogP contribution is -2.04. The molecule has 3 aromatic rings. The van der Waals surface area contributed by atoms with Crippen molar-refractivity contribution in [2.45, 2.75) is 32.7 Å². The largest absolute Gasteiger partial charge is 0.454 e. The van der Waals surface area contributed by atoms with Gasteiger partial charge in [0.05, 0.1) is 5.39 Å². The van der Waals surface area contributed by atoms with Crippen LogP contribution in [0.5, 0.6) is 11.5 Å². The zero-order chi connectivity index (χ0) is 16.1. The lowest BCUT2D eigenvalue weighted by molar-refractivity contribution is 0.174. The van der Waals surface area contributed by atoms with E-state index in [0.717, 1.165) is 40.0 Å². The van der Waals surface area contributed by atoms with Gasteiger partial charge in [0.1, 0.15) is 16.5 Å². The molecule has 6 heteroatoms. The second kappa shape index (κ2) is 5.34. The van der Waals surface area contributed by atoms with Gasteiger partial charge in [-0.05, 0) is 49.4 Å². The third-order valence-electron chi connectivity index (χ3n) is 4.57. The van der Waals surface area contributed by atoms with Crippen LogP contribution >= 0.6 is 11.3 Å². The van der Waals surface area contributed by atoms with E-state index in [0.29, 0.717) is 13.3 Å². The average molecular weight is 339 g/mol. The fraction of sp³-hybridized carbons (Fsp3) is 0.333. The number of aryl methyl sites for hydroxylation is 3. The number of anilines is 1. The maximum atomic E-state index is 5.45. The first-order valence-electron chi connectivity index (χ1n) is 8.19. The molecule has 2 aromatic heterocycles. The van der Waals surface area contributed by atoms with Crippen molar-refractivity contribution in [3.05, 3.63) is 40.0 Å². The molecule has 0 saturated heterocycles. The van der Waals surface area contributed by atoms with Crippen LogP contribution < -0.4 is 14.8 Å². The highest BCUT2D eigenvalue weighted by Gasteiger charge is 2.22. The van der Waals surface area contributed by atoms with Crippen molar-refractivity contribution in [1.29, 1.82) is 0 Å². The number of ether oxygens (including phenoxy) is 2. The first-order valence-corrected chi connectivity index (χ1v) is 9.01. The van der Waals surface area contributed by atoms with Crippen molar-refractivity contribution < 1.29 is 9.47 Å². The lowest BCUT2D eigenvalue weighted by Gasteiger charge is -2.09. The maximum Gasteiger partial charge on any atom is 0.231 e. The Bertz CT molecular complexity index is 951. The lowest BCUT2D eigenvalue weighted by atomic mass is 10.1. The van der Waals surface area contributed by atoms with Crippen molar-refractivity contribution in [1.82, 2.24) is 9.97 Å². The highest BCUT2D eigenvalue weighted by Crippen LogP contribution is 2.39. The third kappa shape index (κ3) is 2.21. The number of nitrogens with one attached hydrogen (secondary N) is 1. The average Bonchev–Trinajstić information content (AvgIpc) is 3.26. The van der Waals surface area contributed by atoms with E-state index in [1.54, 1.807) is 0 Å². The summed E-state index contributed by atoms with van der Waals surface area (Å²) in [6.07, 6.45) is 3.56. The van der Waals surface area contributed by atoms with Gasteiger partial charge in [0.2, 0.25) is 6.79 Å². The summed E-state index contributed by atoms with van der Waals surface area (Å²) < 4.78 is 10.8. The van der Waals surface area contributed by atoms with E-state index < -0.39 is 0 Å². The summed E-state index contributed by atoms with van der Waals surface area (Å²) in [5.74, 6) is 3.40. The van der Waals surface area contributed by atoms with E-state index >= 15 is 0 Å². The first-order chi connectivity index (χ1) is 11.8. The first kappa shape index (κ1) is 14.0. The molecule has 5 nitrogen and oxygen atoms in total. The standard InChI is InChI=1S/C18H17N3O2S/c1-10-20-17(16-12-3-2-4-15(12)24-18(16)21-10)19-8-11-5-6-13-14(7-11)23-9-22-13/h5-7H,2-4,8-9H2,1H3,(H,19,20,21). The van der Waals surface area contributed by atoms with Gasteiger partial charge in [-0.25, -0.2) is 9.97 Å². The molecule has 0 amide bonds. The maximum absolute atomic E-state index is 5.45. The van der Waals surface area contributed by atoms with Crippen molar-refractivity contribution in [2.75, 3.05) is 12.1 Å². The summed E-state index contributed by atoms with van der Waals surface area (Å²) in [7, 11) is 0. The van der Waals surface area contributed by atoms with Gasteiger partial charge in [-0.1, -0.05) is 6.07 Å². The Labute approximate surface area is 143 Å². The summed E-state index contributed by atoms with van der Waals surface area (Å²) in [5, 5.41) is 4.73.